The SMILES string of the molecule is CCNC(=O)[C@@H](Cc1ccccc1)N(Cc1ccccc1F)C(=O)CCCN(c1cccc(C(F)(F)F)c1)S(C)(=O)=O. The number of hydrogen-bond donors (Lipinski definition) is 1. The Bertz CT molecular complexity index is 1470. The molecule has 1 N–H and O–H groups in total. The van der Waals surface area contributed by atoms with Gasteiger partial charge in [0.1, 0.15) is 11.9 Å². The summed E-state index contributed by atoms with van der Waals surface area (Å²) in [7, 11) is -4.00. The van der Waals surface area contributed by atoms with Crippen LogP contribution in [0.4, 0.5) is 23.2 Å². The number of rotatable bonds is 13. The molecule has 3 rings (SSSR count). The molecular formula is C30H33F4N3O4S. The third-order valence-corrected chi connectivity index (χ3v) is 7.73. The number of halogens is 4. The van der Waals surface area contributed by atoms with Crippen molar-refractivity contribution in [3.8, 4) is 0 Å². The lowest BCUT2D eigenvalue weighted by Gasteiger charge is -2.32. The number of amides is 2. The first-order chi connectivity index (χ1) is 19.8. The van der Waals surface area contributed by atoms with E-state index in [0.29, 0.717) is 6.54 Å². The highest BCUT2D eigenvalue weighted by Gasteiger charge is 2.33. The summed E-state index contributed by atoms with van der Waals surface area (Å²) in [5, 5.41) is 2.73. The monoisotopic (exact) mass is 607 g/mol. The second-order valence-electron chi connectivity index (χ2n) is 9.70. The Morgan fingerprint density at radius 2 is 1.62 bits per heavy atom. The van der Waals surface area contributed by atoms with Crippen LogP contribution in [-0.4, -0.2) is 50.5 Å². The Morgan fingerprint density at radius 1 is 0.952 bits per heavy atom. The van der Waals surface area contributed by atoms with E-state index in [-0.39, 0.29) is 43.6 Å². The fourth-order valence-corrected chi connectivity index (χ4v) is 5.45. The average molecular weight is 608 g/mol. The van der Waals surface area contributed by atoms with Crippen molar-refractivity contribution < 1.29 is 35.6 Å². The molecule has 0 aromatic heterocycles. The minimum absolute atomic E-state index is 0.0661. The molecule has 226 valence electrons. The molecule has 0 saturated carbocycles. The largest absolute Gasteiger partial charge is 0.416 e. The summed E-state index contributed by atoms with van der Waals surface area (Å²) >= 11 is 0. The quantitative estimate of drug-likeness (QED) is 0.272. The van der Waals surface area contributed by atoms with E-state index in [1.165, 1.54) is 29.2 Å². The fraction of sp³-hybridized carbons (Fsp3) is 0.333. The van der Waals surface area contributed by atoms with Crippen LogP contribution in [0.25, 0.3) is 0 Å². The number of alkyl halides is 3. The molecule has 2 amide bonds. The number of carbonyl (C=O) groups is 2. The van der Waals surface area contributed by atoms with Crippen molar-refractivity contribution in [2.24, 2.45) is 0 Å². The van der Waals surface area contributed by atoms with Crippen LogP contribution in [-0.2, 0) is 38.8 Å². The molecule has 0 heterocycles. The Labute approximate surface area is 243 Å². The van der Waals surface area contributed by atoms with Gasteiger partial charge in [-0.1, -0.05) is 54.6 Å². The van der Waals surface area contributed by atoms with Gasteiger partial charge in [0.05, 0.1) is 17.5 Å². The maximum absolute atomic E-state index is 14.7. The summed E-state index contributed by atoms with van der Waals surface area (Å²) in [6.07, 6.45) is -3.97. The minimum atomic E-state index is -4.67. The van der Waals surface area contributed by atoms with Crippen molar-refractivity contribution in [3.63, 3.8) is 0 Å². The Kier molecular flexibility index (Phi) is 11.1. The van der Waals surface area contributed by atoms with Crippen LogP contribution >= 0.6 is 0 Å². The molecule has 0 aliphatic carbocycles. The summed E-state index contributed by atoms with van der Waals surface area (Å²) in [5.41, 5.74) is -0.235. The van der Waals surface area contributed by atoms with Crippen molar-refractivity contribution >= 4 is 27.5 Å². The van der Waals surface area contributed by atoms with Gasteiger partial charge in [0.15, 0.2) is 0 Å². The minimum Gasteiger partial charge on any atom is -0.355 e. The van der Waals surface area contributed by atoms with Gasteiger partial charge in [0.2, 0.25) is 21.8 Å². The van der Waals surface area contributed by atoms with Gasteiger partial charge in [0.25, 0.3) is 0 Å². The lowest BCUT2D eigenvalue weighted by molar-refractivity contribution is -0.141. The first-order valence-corrected chi connectivity index (χ1v) is 15.2. The topological polar surface area (TPSA) is 86.8 Å². The third-order valence-electron chi connectivity index (χ3n) is 6.53. The van der Waals surface area contributed by atoms with E-state index >= 15 is 0 Å². The Balaban J connectivity index is 1.88. The second-order valence-corrected chi connectivity index (χ2v) is 11.6. The van der Waals surface area contributed by atoms with Crippen molar-refractivity contribution in [2.75, 3.05) is 23.7 Å². The van der Waals surface area contributed by atoms with Gasteiger partial charge >= 0.3 is 6.18 Å². The molecule has 0 bridgehead atoms. The van der Waals surface area contributed by atoms with Gasteiger partial charge in [-0.25, -0.2) is 12.8 Å². The molecule has 0 spiro atoms. The van der Waals surface area contributed by atoms with Crippen LogP contribution in [0.2, 0.25) is 0 Å². The number of carbonyl (C=O) groups excluding carboxylic acids is 2. The van der Waals surface area contributed by atoms with Crippen LogP contribution < -0.4 is 9.62 Å². The molecule has 12 heteroatoms. The van der Waals surface area contributed by atoms with Crippen molar-refractivity contribution in [1.82, 2.24) is 10.2 Å². The van der Waals surface area contributed by atoms with Crippen LogP contribution in [0.1, 0.15) is 36.5 Å². The molecule has 0 fully saturated rings. The molecule has 7 nitrogen and oxygen atoms in total. The Morgan fingerprint density at radius 3 is 2.24 bits per heavy atom. The van der Waals surface area contributed by atoms with Crippen molar-refractivity contribution in [2.45, 2.75) is 44.9 Å². The molecule has 3 aromatic rings. The molecule has 0 aliphatic rings. The zero-order valence-corrected chi connectivity index (χ0v) is 24.1. The summed E-state index contributed by atoms with van der Waals surface area (Å²) in [4.78, 5) is 28.1. The molecule has 0 saturated heterocycles. The van der Waals surface area contributed by atoms with E-state index in [2.05, 4.69) is 5.32 Å². The normalized spacial score (nSPS) is 12.4. The lowest BCUT2D eigenvalue weighted by atomic mass is 10.0. The van der Waals surface area contributed by atoms with E-state index in [4.69, 9.17) is 0 Å². The number of likely N-dealkylation sites (N-methyl/N-ethyl adjacent to an activating group) is 1. The molecular weight excluding hydrogens is 574 g/mol. The summed E-state index contributed by atoms with van der Waals surface area (Å²) in [6, 6.07) is 17.8. The first-order valence-electron chi connectivity index (χ1n) is 13.3. The molecule has 0 unspecified atom stereocenters. The van der Waals surface area contributed by atoms with Gasteiger partial charge in [-0.3, -0.25) is 13.9 Å². The first kappa shape index (κ1) is 32.6. The van der Waals surface area contributed by atoms with Crippen molar-refractivity contribution in [1.29, 1.82) is 0 Å². The van der Waals surface area contributed by atoms with E-state index in [9.17, 15) is 35.6 Å². The predicted molar refractivity (Wildman–Crippen MR) is 152 cm³/mol. The zero-order chi connectivity index (χ0) is 30.9. The molecule has 3 aromatic carbocycles. The van der Waals surface area contributed by atoms with Crippen LogP contribution in [0.5, 0.6) is 0 Å². The van der Waals surface area contributed by atoms with E-state index in [0.717, 1.165) is 34.3 Å². The van der Waals surface area contributed by atoms with E-state index in [1.54, 1.807) is 37.3 Å². The number of sulfonamides is 1. The highest BCUT2D eigenvalue weighted by Crippen LogP contribution is 2.32. The molecule has 0 aliphatic heterocycles. The van der Waals surface area contributed by atoms with Gasteiger partial charge in [-0.15, -0.1) is 0 Å². The summed E-state index contributed by atoms with van der Waals surface area (Å²) in [6.45, 7) is 1.52. The predicted octanol–water partition coefficient (Wildman–Crippen LogP) is 5.17. The molecule has 0 radical (unpaired) electrons. The maximum Gasteiger partial charge on any atom is 0.416 e. The van der Waals surface area contributed by atoms with E-state index < -0.39 is 45.4 Å². The summed E-state index contributed by atoms with van der Waals surface area (Å²) < 4.78 is 80.2. The van der Waals surface area contributed by atoms with Gasteiger partial charge in [-0.05, 0) is 43.2 Å². The highest BCUT2D eigenvalue weighted by atomic mass is 32.2. The number of nitrogens with one attached hydrogen (secondary N) is 1. The van der Waals surface area contributed by atoms with Gasteiger partial charge in [-0.2, -0.15) is 13.2 Å². The maximum atomic E-state index is 14.7. The lowest BCUT2D eigenvalue weighted by Crippen LogP contribution is -2.50. The van der Waals surface area contributed by atoms with Crippen LogP contribution in [0, 0.1) is 5.82 Å². The zero-order valence-electron chi connectivity index (χ0n) is 23.3. The number of anilines is 1. The van der Waals surface area contributed by atoms with Gasteiger partial charge < -0.3 is 10.2 Å². The van der Waals surface area contributed by atoms with Crippen molar-refractivity contribution in [3.05, 3.63) is 101 Å². The number of nitrogens with zero attached hydrogens (tertiary/aromatic N) is 2. The average Bonchev–Trinajstić information content (AvgIpc) is 2.93. The molecule has 42 heavy (non-hydrogen) atoms. The fourth-order valence-electron chi connectivity index (χ4n) is 4.50. The van der Waals surface area contributed by atoms with Crippen LogP contribution in [0.3, 0.4) is 0 Å². The number of benzene rings is 3. The number of hydrogen-bond acceptors (Lipinski definition) is 4. The van der Waals surface area contributed by atoms with Crippen LogP contribution in [0.15, 0.2) is 78.9 Å². The molecule has 1 atom stereocenters. The van der Waals surface area contributed by atoms with E-state index in [1.807, 2.05) is 6.07 Å². The Hall–Kier alpha value is -3.93. The summed E-state index contributed by atoms with van der Waals surface area (Å²) in [5.74, 6) is -1.53. The smallest absolute Gasteiger partial charge is 0.355 e. The standard InChI is InChI=1S/C30H33F4N3O4S/c1-3-35-29(39)27(19-22-11-5-4-6-12-22)36(21-23-13-7-8-16-26(23)31)28(38)17-10-18-37(42(2,40)41)25-15-9-14-24(20-25)30(32,33)34/h4-9,11-16,20,27H,3,10,17-19,21H2,1-2H3,(H,35,39)/t27-/m1/s1. The highest BCUT2D eigenvalue weighted by molar-refractivity contribution is 7.92. The third kappa shape index (κ3) is 9.04. The van der Waals surface area contributed by atoms with Gasteiger partial charge in [0, 0.05) is 38.0 Å². The second kappa shape index (κ2) is 14.3.